The lowest BCUT2D eigenvalue weighted by Crippen LogP contribution is -2.22. The molecule has 7 heteroatoms. The molecule has 0 aliphatic heterocycles. The van der Waals surface area contributed by atoms with Gasteiger partial charge in [-0.15, -0.1) is 6.58 Å². The van der Waals surface area contributed by atoms with Crippen LogP contribution >= 0.6 is 0 Å². The summed E-state index contributed by atoms with van der Waals surface area (Å²) in [6.07, 6.45) is 8.45. The van der Waals surface area contributed by atoms with Gasteiger partial charge < -0.3 is 14.2 Å². The number of rotatable bonds is 15. The molecule has 0 radical (unpaired) electrons. The lowest BCUT2D eigenvalue weighted by molar-refractivity contribution is 0.0230. The van der Waals surface area contributed by atoms with E-state index in [1.165, 1.54) is 13.2 Å². The topological polar surface area (TPSA) is 27.7 Å². The van der Waals surface area contributed by atoms with E-state index >= 15 is 0 Å². The van der Waals surface area contributed by atoms with Crippen LogP contribution in [-0.4, -0.2) is 26.4 Å². The summed E-state index contributed by atoms with van der Waals surface area (Å²) in [4.78, 5) is 0. The Hall–Kier alpha value is -2.54. The van der Waals surface area contributed by atoms with Crippen LogP contribution in [0.4, 0.5) is 17.6 Å². The van der Waals surface area contributed by atoms with Crippen LogP contribution in [0, 0.1) is 23.5 Å². The number of allylic oxidation sites excluding steroid dienone is 4. The van der Waals surface area contributed by atoms with E-state index in [2.05, 4.69) is 31.4 Å². The van der Waals surface area contributed by atoms with Crippen molar-refractivity contribution in [2.24, 2.45) is 11.8 Å². The zero-order valence-corrected chi connectivity index (χ0v) is 25.0. The van der Waals surface area contributed by atoms with Crippen molar-refractivity contribution >= 4 is 0 Å². The molecule has 0 amide bonds. The molecule has 1 fully saturated rings. The van der Waals surface area contributed by atoms with Crippen LogP contribution in [0.15, 0.2) is 60.9 Å². The summed E-state index contributed by atoms with van der Waals surface area (Å²) in [6.45, 7) is 18.9. The molecule has 0 spiro atoms. The second-order valence-corrected chi connectivity index (χ2v) is 10.6. The van der Waals surface area contributed by atoms with Gasteiger partial charge in [-0.25, -0.2) is 8.78 Å². The second kappa shape index (κ2) is 18.7. The molecule has 0 heterocycles. The Bertz CT molecular complexity index is 980. The largest absolute Gasteiger partial charge is 0.494 e. The van der Waals surface area contributed by atoms with E-state index in [0.717, 1.165) is 45.1 Å². The molecule has 0 bridgehead atoms. The van der Waals surface area contributed by atoms with E-state index in [0.29, 0.717) is 18.4 Å². The van der Waals surface area contributed by atoms with Crippen LogP contribution in [0.2, 0.25) is 0 Å². The predicted molar refractivity (Wildman–Crippen MR) is 156 cm³/mol. The lowest BCUT2D eigenvalue weighted by atomic mass is 9.82. The normalized spacial score (nSPS) is 18.9. The number of halogens is 4. The Labute approximate surface area is 239 Å². The van der Waals surface area contributed by atoms with Crippen molar-refractivity contribution in [2.75, 3.05) is 20.3 Å². The Morgan fingerprint density at radius 3 is 2.23 bits per heavy atom. The highest BCUT2D eigenvalue weighted by Gasteiger charge is 2.27. The van der Waals surface area contributed by atoms with E-state index in [9.17, 15) is 17.6 Å². The standard InChI is InChI=1S/C30H42F4O3.C3H6/c1-7-8-17-36-24-13-11-23(12-14-24)25-15-16-26(30(34)29(25)33)37-18-19(2)9-10-20(3)21(4)27(31)28(32)22(5)35-6;1-3-2/h15-16,19-20,23-24H,4-5,7-14,17-18H2,1-3,6H3;3H,1H2,2H3/b28-27-;. The van der Waals surface area contributed by atoms with Crippen LogP contribution in [-0.2, 0) is 9.47 Å². The molecule has 1 aliphatic carbocycles. The summed E-state index contributed by atoms with van der Waals surface area (Å²) < 4.78 is 74.0. The highest BCUT2D eigenvalue weighted by Crippen LogP contribution is 2.37. The molecule has 1 aromatic rings. The third-order valence-corrected chi connectivity index (χ3v) is 7.22. The molecule has 2 unspecified atom stereocenters. The van der Waals surface area contributed by atoms with E-state index in [1.807, 2.05) is 13.8 Å². The monoisotopic (exact) mass is 568 g/mol. The van der Waals surface area contributed by atoms with Gasteiger partial charge in [0, 0.05) is 6.61 Å². The minimum atomic E-state index is -1.16. The van der Waals surface area contributed by atoms with E-state index in [-0.39, 0.29) is 41.8 Å². The smallest absolute Gasteiger partial charge is 0.200 e. The summed E-state index contributed by atoms with van der Waals surface area (Å²) in [5.74, 6) is -4.93. The van der Waals surface area contributed by atoms with Crippen LogP contribution in [0.5, 0.6) is 5.75 Å². The van der Waals surface area contributed by atoms with Crippen LogP contribution in [0.3, 0.4) is 0 Å². The average molecular weight is 569 g/mol. The Morgan fingerprint density at radius 2 is 1.65 bits per heavy atom. The van der Waals surface area contributed by atoms with E-state index in [4.69, 9.17) is 9.47 Å². The molecule has 40 heavy (non-hydrogen) atoms. The van der Waals surface area contributed by atoms with Gasteiger partial charge in [-0.1, -0.05) is 52.5 Å². The number of ether oxygens (including phenoxy) is 3. The van der Waals surface area contributed by atoms with Gasteiger partial charge in [-0.3, -0.25) is 0 Å². The SMILES string of the molecule is C=C(OC)/C(F)=C(/F)C(=C)C(C)CCC(C)COc1ccc(C2CCC(OCCCC)CC2)c(F)c1F.C=CC. The maximum absolute atomic E-state index is 14.9. The second-order valence-electron chi connectivity index (χ2n) is 10.6. The van der Waals surface area contributed by atoms with Crippen LogP contribution in [0.25, 0.3) is 0 Å². The fourth-order valence-electron chi connectivity index (χ4n) is 4.50. The van der Waals surface area contributed by atoms with E-state index in [1.54, 1.807) is 19.1 Å². The number of unbranched alkanes of at least 4 members (excludes halogenated alkanes) is 1. The van der Waals surface area contributed by atoms with Crippen molar-refractivity contribution in [3.05, 3.63) is 78.1 Å². The molecule has 0 aromatic heterocycles. The highest BCUT2D eigenvalue weighted by atomic mass is 19.2. The van der Waals surface area contributed by atoms with Gasteiger partial charge in [-0.05, 0) is 86.8 Å². The molecule has 1 aromatic carbocycles. The van der Waals surface area contributed by atoms with Crippen molar-refractivity contribution in [3.8, 4) is 5.75 Å². The van der Waals surface area contributed by atoms with Gasteiger partial charge >= 0.3 is 0 Å². The van der Waals surface area contributed by atoms with Gasteiger partial charge in [-0.2, -0.15) is 8.78 Å². The molecular weight excluding hydrogens is 520 g/mol. The third kappa shape index (κ3) is 11.1. The summed E-state index contributed by atoms with van der Waals surface area (Å²) in [7, 11) is 1.21. The van der Waals surface area contributed by atoms with Crippen molar-refractivity contribution in [1.82, 2.24) is 0 Å². The molecule has 2 atom stereocenters. The maximum Gasteiger partial charge on any atom is 0.200 e. The van der Waals surface area contributed by atoms with Crippen LogP contribution < -0.4 is 4.74 Å². The van der Waals surface area contributed by atoms with Crippen LogP contribution in [0.1, 0.15) is 90.5 Å². The first kappa shape index (κ1) is 35.5. The number of hydrogen-bond acceptors (Lipinski definition) is 3. The summed E-state index contributed by atoms with van der Waals surface area (Å²) in [5.41, 5.74) is 0.421. The molecule has 226 valence electrons. The highest BCUT2D eigenvalue weighted by molar-refractivity contribution is 5.34. The molecule has 0 saturated heterocycles. The zero-order chi connectivity index (χ0) is 30.2. The molecule has 1 aliphatic rings. The first-order chi connectivity index (χ1) is 19.0. The van der Waals surface area contributed by atoms with Crippen molar-refractivity contribution in [2.45, 2.75) is 91.1 Å². The Morgan fingerprint density at radius 1 is 1.02 bits per heavy atom. The number of methoxy groups -OCH3 is 1. The van der Waals surface area contributed by atoms with Gasteiger partial charge in [0.25, 0.3) is 0 Å². The third-order valence-electron chi connectivity index (χ3n) is 7.22. The van der Waals surface area contributed by atoms with Crippen molar-refractivity contribution in [1.29, 1.82) is 0 Å². The maximum atomic E-state index is 14.9. The minimum absolute atomic E-state index is 0.0220. The molecule has 3 nitrogen and oxygen atoms in total. The molecule has 0 N–H and O–H groups in total. The van der Waals surface area contributed by atoms with Gasteiger partial charge in [0.05, 0.1) is 19.8 Å². The fourth-order valence-corrected chi connectivity index (χ4v) is 4.50. The fraction of sp³-hybridized carbons (Fsp3) is 0.576. The molecule has 1 saturated carbocycles. The first-order valence-electron chi connectivity index (χ1n) is 14.3. The number of hydrogen-bond donors (Lipinski definition) is 0. The zero-order valence-electron chi connectivity index (χ0n) is 25.0. The Kier molecular flexibility index (Phi) is 16.6. The first-order valence-corrected chi connectivity index (χ1v) is 14.3. The average Bonchev–Trinajstić information content (AvgIpc) is 2.96. The quantitative estimate of drug-likeness (QED) is 0.0693. The predicted octanol–water partition coefficient (Wildman–Crippen LogP) is 10.3. The van der Waals surface area contributed by atoms with Gasteiger partial charge in [0.2, 0.25) is 5.82 Å². The van der Waals surface area contributed by atoms with Gasteiger partial charge in [0.1, 0.15) is 5.76 Å². The molecular formula is C33H48F4O3. The Balaban J connectivity index is 0.00000254. The van der Waals surface area contributed by atoms with Gasteiger partial charge in [0.15, 0.2) is 23.2 Å². The summed E-state index contributed by atoms with van der Waals surface area (Å²) in [5, 5.41) is 0. The van der Waals surface area contributed by atoms with E-state index < -0.39 is 29.0 Å². The summed E-state index contributed by atoms with van der Waals surface area (Å²) in [6, 6.07) is 3.13. The molecule has 2 rings (SSSR count). The van der Waals surface area contributed by atoms with Crippen molar-refractivity contribution in [3.63, 3.8) is 0 Å². The summed E-state index contributed by atoms with van der Waals surface area (Å²) >= 11 is 0. The minimum Gasteiger partial charge on any atom is -0.494 e. The number of benzene rings is 1. The lowest BCUT2D eigenvalue weighted by Gasteiger charge is -2.29. The van der Waals surface area contributed by atoms with Crippen molar-refractivity contribution < 1.29 is 31.8 Å².